The highest BCUT2D eigenvalue weighted by Crippen LogP contribution is 2.18. The van der Waals surface area contributed by atoms with Crippen LogP contribution in [0.5, 0.6) is 0 Å². The van der Waals surface area contributed by atoms with Crippen molar-refractivity contribution in [1.29, 1.82) is 0 Å². The highest BCUT2D eigenvalue weighted by molar-refractivity contribution is 5.95. The van der Waals surface area contributed by atoms with Gasteiger partial charge in [-0.05, 0) is 24.5 Å². The minimum atomic E-state index is -0.566. The normalized spacial score (nSPS) is 13.2. The first-order valence-corrected chi connectivity index (χ1v) is 5.70. The fourth-order valence-electron chi connectivity index (χ4n) is 1.32. The topological polar surface area (TPSA) is 62.2 Å². The molecule has 2 N–H and O–H groups in total. The molecule has 0 bridgehead atoms. The van der Waals surface area contributed by atoms with Crippen LogP contribution in [-0.2, 0) is 0 Å². The van der Waals surface area contributed by atoms with Gasteiger partial charge in [0.1, 0.15) is 0 Å². The number of carbonyl (C=O) groups is 1. The van der Waals surface area contributed by atoms with Crippen LogP contribution in [0.4, 0.5) is 0 Å². The molecule has 4 heteroatoms. The molecule has 1 heterocycles. The number of rotatable bonds is 3. The zero-order valence-electron chi connectivity index (χ0n) is 10.8. The van der Waals surface area contributed by atoms with E-state index in [9.17, 15) is 9.90 Å². The number of aliphatic hydroxyl groups is 1. The van der Waals surface area contributed by atoms with Crippen molar-refractivity contribution >= 4 is 5.91 Å². The molecule has 1 amide bonds. The lowest BCUT2D eigenvalue weighted by atomic mass is 9.89. The second-order valence-corrected chi connectivity index (χ2v) is 5.23. The molecule has 0 aliphatic heterocycles. The van der Waals surface area contributed by atoms with Gasteiger partial charge in [0.25, 0.3) is 5.91 Å². The quantitative estimate of drug-likeness (QED) is 0.836. The minimum Gasteiger partial charge on any atom is -0.391 e. The van der Waals surface area contributed by atoms with Gasteiger partial charge in [0.2, 0.25) is 0 Å². The molecule has 0 spiro atoms. The summed E-state index contributed by atoms with van der Waals surface area (Å²) in [5, 5.41) is 12.5. The summed E-state index contributed by atoms with van der Waals surface area (Å²) in [5.41, 5.74) is 1.00. The second kappa shape index (κ2) is 5.27. The molecule has 0 aliphatic rings. The van der Waals surface area contributed by atoms with Gasteiger partial charge >= 0.3 is 0 Å². The van der Waals surface area contributed by atoms with Gasteiger partial charge in [-0.1, -0.05) is 20.8 Å². The highest BCUT2D eigenvalue weighted by atomic mass is 16.3. The van der Waals surface area contributed by atoms with Crippen molar-refractivity contribution < 1.29 is 9.90 Å². The molecule has 0 aliphatic carbocycles. The number of hydrogen-bond acceptors (Lipinski definition) is 3. The number of aryl methyl sites for hydroxylation is 1. The van der Waals surface area contributed by atoms with Crippen LogP contribution >= 0.6 is 0 Å². The van der Waals surface area contributed by atoms with E-state index >= 15 is 0 Å². The molecule has 17 heavy (non-hydrogen) atoms. The Morgan fingerprint density at radius 2 is 2.18 bits per heavy atom. The molecule has 1 aromatic rings. The van der Waals surface area contributed by atoms with E-state index in [0.29, 0.717) is 11.3 Å². The smallest absolute Gasteiger partial charge is 0.253 e. The first kappa shape index (κ1) is 13.6. The first-order chi connectivity index (χ1) is 7.82. The molecule has 4 nitrogen and oxygen atoms in total. The number of nitrogens with zero attached hydrogens (tertiary/aromatic N) is 1. The first-order valence-electron chi connectivity index (χ1n) is 5.70. The lowest BCUT2D eigenvalue weighted by Crippen LogP contribution is -2.39. The van der Waals surface area contributed by atoms with E-state index in [0.717, 1.165) is 0 Å². The van der Waals surface area contributed by atoms with E-state index in [2.05, 4.69) is 10.3 Å². The van der Waals surface area contributed by atoms with Gasteiger partial charge in [0, 0.05) is 18.4 Å². The number of pyridine rings is 1. The van der Waals surface area contributed by atoms with Crippen LogP contribution in [-0.4, -0.2) is 28.6 Å². The molecule has 0 aromatic carbocycles. The monoisotopic (exact) mass is 236 g/mol. The molecule has 0 saturated carbocycles. The zero-order valence-corrected chi connectivity index (χ0v) is 10.8. The molecular formula is C13H20N2O2. The summed E-state index contributed by atoms with van der Waals surface area (Å²) in [7, 11) is 0. The number of aliphatic hydroxyl groups excluding tert-OH is 1. The van der Waals surface area contributed by atoms with Crippen LogP contribution in [0.25, 0.3) is 0 Å². The van der Waals surface area contributed by atoms with Crippen molar-refractivity contribution in [2.45, 2.75) is 33.8 Å². The Labute approximate surface area is 102 Å². The predicted octanol–water partition coefficient (Wildman–Crippen LogP) is 1.53. The molecule has 0 radical (unpaired) electrons. The summed E-state index contributed by atoms with van der Waals surface area (Å²) in [6.07, 6.45) is 1.08. The fourth-order valence-corrected chi connectivity index (χ4v) is 1.32. The molecule has 1 unspecified atom stereocenters. The summed E-state index contributed by atoms with van der Waals surface area (Å²) in [6, 6.07) is 3.45. The van der Waals surface area contributed by atoms with Crippen molar-refractivity contribution in [3.05, 3.63) is 29.6 Å². The van der Waals surface area contributed by atoms with Crippen LogP contribution < -0.4 is 5.32 Å². The van der Waals surface area contributed by atoms with Gasteiger partial charge in [-0.15, -0.1) is 0 Å². The third-order valence-electron chi connectivity index (χ3n) is 2.71. The number of aromatic nitrogens is 1. The van der Waals surface area contributed by atoms with Crippen molar-refractivity contribution in [3.8, 4) is 0 Å². The van der Waals surface area contributed by atoms with Gasteiger partial charge in [0.05, 0.1) is 11.7 Å². The Hall–Kier alpha value is -1.42. The van der Waals surface area contributed by atoms with Gasteiger partial charge in [0.15, 0.2) is 0 Å². The van der Waals surface area contributed by atoms with Crippen molar-refractivity contribution in [2.24, 2.45) is 5.41 Å². The fraction of sp³-hybridized carbons (Fsp3) is 0.538. The SMILES string of the molecule is Cc1ncccc1C(=O)NCC(O)C(C)(C)C. The van der Waals surface area contributed by atoms with Crippen LogP contribution in [0.15, 0.2) is 18.3 Å². The lowest BCUT2D eigenvalue weighted by molar-refractivity contribution is 0.0586. The molecular weight excluding hydrogens is 216 g/mol. The standard InChI is InChI=1S/C13H20N2O2/c1-9-10(6-5-7-14-9)12(17)15-8-11(16)13(2,3)4/h5-7,11,16H,8H2,1-4H3,(H,15,17). The highest BCUT2D eigenvalue weighted by Gasteiger charge is 2.22. The van der Waals surface area contributed by atoms with Gasteiger partial charge < -0.3 is 10.4 Å². The van der Waals surface area contributed by atoms with Crippen molar-refractivity contribution in [2.75, 3.05) is 6.54 Å². The average molecular weight is 236 g/mol. The molecule has 1 rings (SSSR count). The van der Waals surface area contributed by atoms with Crippen LogP contribution in [0.2, 0.25) is 0 Å². The van der Waals surface area contributed by atoms with Gasteiger partial charge in [-0.2, -0.15) is 0 Å². The summed E-state index contributed by atoms with van der Waals surface area (Å²) in [4.78, 5) is 15.9. The van der Waals surface area contributed by atoms with E-state index in [4.69, 9.17) is 0 Å². The number of nitrogens with one attached hydrogen (secondary N) is 1. The van der Waals surface area contributed by atoms with Gasteiger partial charge in [-0.3, -0.25) is 9.78 Å². The van der Waals surface area contributed by atoms with Crippen LogP contribution in [0.3, 0.4) is 0 Å². The Morgan fingerprint density at radius 1 is 1.53 bits per heavy atom. The lowest BCUT2D eigenvalue weighted by Gasteiger charge is -2.25. The Morgan fingerprint density at radius 3 is 2.71 bits per heavy atom. The number of amides is 1. The molecule has 1 aromatic heterocycles. The maximum atomic E-state index is 11.8. The summed E-state index contributed by atoms with van der Waals surface area (Å²) >= 11 is 0. The Bertz CT molecular complexity index is 397. The van der Waals surface area contributed by atoms with E-state index in [1.807, 2.05) is 20.8 Å². The van der Waals surface area contributed by atoms with Crippen LogP contribution in [0.1, 0.15) is 36.8 Å². The average Bonchev–Trinajstić information content (AvgIpc) is 2.24. The largest absolute Gasteiger partial charge is 0.391 e. The summed E-state index contributed by atoms with van der Waals surface area (Å²) in [5.74, 6) is -0.195. The van der Waals surface area contributed by atoms with Crippen molar-refractivity contribution in [1.82, 2.24) is 10.3 Å². The van der Waals surface area contributed by atoms with Gasteiger partial charge in [-0.25, -0.2) is 0 Å². The maximum Gasteiger partial charge on any atom is 0.253 e. The summed E-state index contributed by atoms with van der Waals surface area (Å²) < 4.78 is 0. The van der Waals surface area contributed by atoms with Crippen molar-refractivity contribution in [3.63, 3.8) is 0 Å². The second-order valence-electron chi connectivity index (χ2n) is 5.23. The number of carbonyl (C=O) groups excluding carboxylic acids is 1. The summed E-state index contributed by atoms with van der Waals surface area (Å²) in [6.45, 7) is 7.82. The maximum absolute atomic E-state index is 11.8. The zero-order chi connectivity index (χ0) is 13.1. The molecule has 1 atom stereocenters. The third-order valence-corrected chi connectivity index (χ3v) is 2.71. The third kappa shape index (κ3) is 3.82. The van der Waals surface area contributed by atoms with E-state index in [-0.39, 0.29) is 17.9 Å². The van der Waals surface area contributed by atoms with Crippen LogP contribution in [0, 0.1) is 12.3 Å². The van der Waals surface area contributed by atoms with E-state index in [1.165, 1.54) is 0 Å². The minimum absolute atomic E-state index is 0.195. The number of hydrogen-bond donors (Lipinski definition) is 2. The molecule has 94 valence electrons. The Balaban J connectivity index is 2.60. The molecule has 0 fully saturated rings. The van der Waals surface area contributed by atoms with E-state index in [1.54, 1.807) is 25.3 Å². The predicted molar refractivity (Wildman–Crippen MR) is 66.8 cm³/mol. The Kier molecular flexibility index (Phi) is 4.23. The van der Waals surface area contributed by atoms with E-state index < -0.39 is 6.10 Å². The molecule has 0 saturated heterocycles.